The lowest BCUT2D eigenvalue weighted by Crippen LogP contribution is -2.42. The van der Waals surface area contributed by atoms with Crippen LogP contribution in [0.4, 0.5) is 5.69 Å². The maximum atomic E-state index is 14.1. The predicted octanol–water partition coefficient (Wildman–Crippen LogP) is 8.05. The summed E-state index contributed by atoms with van der Waals surface area (Å²) in [4.78, 5) is 16.1. The molecule has 1 aromatic heterocycles. The quantitative estimate of drug-likeness (QED) is 0.243. The fraction of sp³-hybridized carbons (Fsp3) is 0.556. The van der Waals surface area contributed by atoms with E-state index in [1.54, 1.807) is 7.11 Å². The van der Waals surface area contributed by atoms with E-state index in [0.717, 1.165) is 78.8 Å². The van der Waals surface area contributed by atoms with Crippen molar-refractivity contribution in [1.82, 2.24) is 9.78 Å². The molecule has 2 aliphatic rings. The minimum atomic E-state index is -0.278. The van der Waals surface area contributed by atoms with Crippen molar-refractivity contribution in [2.75, 3.05) is 18.6 Å². The number of benzene rings is 1. The lowest BCUT2D eigenvalue weighted by Gasteiger charge is -2.36. The number of carbonyl (C=O) groups excluding carboxylic acids is 1. The van der Waals surface area contributed by atoms with Gasteiger partial charge in [-0.3, -0.25) is 9.48 Å². The highest BCUT2D eigenvalue weighted by molar-refractivity contribution is 5.95. The van der Waals surface area contributed by atoms with Gasteiger partial charge in [0.15, 0.2) is 0 Å². The van der Waals surface area contributed by atoms with Gasteiger partial charge in [-0.15, -0.1) is 0 Å². The van der Waals surface area contributed by atoms with Gasteiger partial charge in [-0.05, 0) is 127 Å². The molecule has 1 N–H and O–H groups in total. The Kier molecular flexibility index (Phi) is 10.5. The van der Waals surface area contributed by atoms with Crippen LogP contribution in [0.25, 0.3) is 11.1 Å². The van der Waals surface area contributed by atoms with Crippen molar-refractivity contribution in [3.05, 3.63) is 72.3 Å². The van der Waals surface area contributed by atoms with Gasteiger partial charge in [-0.25, -0.2) is 0 Å². The lowest BCUT2D eigenvalue weighted by molar-refractivity contribution is -0.124. The highest BCUT2D eigenvalue weighted by Gasteiger charge is 2.32. The van der Waals surface area contributed by atoms with Crippen molar-refractivity contribution in [3.63, 3.8) is 0 Å². The maximum Gasteiger partial charge on any atom is 0.230 e. The molecule has 0 unspecified atom stereocenters. The molecule has 0 radical (unpaired) electrons. The molecule has 1 heterocycles. The van der Waals surface area contributed by atoms with Crippen molar-refractivity contribution >= 4 is 11.6 Å². The van der Waals surface area contributed by atoms with Gasteiger partial charge in [-0.2, -0.15) is 5.10 Å². The summed E-state index contributed by atoms with van der Waals surface area (Å²) in [6.45, 7) is 15.6. The zero-order valence-corrected chi connectivity index (χ0v) is 26.6. The molecular weight excluding hydrogens is 522 g/mol. The average molecular weight is 574 g/mol. The smallest absolute Gasteiger partial charge is 0.230 e. The molecule has 0 spiro atoms. The van der Waals surface area contributed by atoms with Crippen LogP contribution in [0, 0.1) is 17.8 Å². The molecule has 228 valence electrons. The first kappa shape index (κ1) is 31.8. The number of anilines is 1. The Balaban J connectivity index is 1.50. The van der Waals surface area contributed by atoms with Crippen LogP contribution >= 0.6 is 0 Å². The van der Waals surface area contributed by atoms with E-state index in [9.17, 15) is 9.90 Å². The number of carbonyl (C=O) groups is 1. The molecule has 4 rings (SSSR count). The van der Waals surface area contributed by atoms with E-state index in [1.165, 1.54) is 0 Å². The van der Waals surface area contributed by atoms with Gasteiger partial charge in [0.25, 0.3) is 0 Å². The standard InChI is InChI=1S/C36H51N3O3/c1-25(2)34(42-7)20-11-26(3)28-14-12-27(13-15-28)23-38(35(41)29-16-18-33(40)19-17-29)32-10-8-9-30(21-32)31-22-37-39(24-31)36(4,5)6/h8-11,20-22,24,27-29,33,40H,3,12-19,23H2,1-2,4-7H3/b20-11-. The number of hydrogen-bond donors (Lipinski definition) is 1. The summed E-state index contributed by atoms with van der Waals surface area (Å²) in [7, 11) is 1.71. The van der Waals surface area contributed by atoms with Crippen LogP contribution in [0.15, 0.2) is 72.3 Å². The van der Waals surface area contributed by atoms with Gasteiger partial charge in [-0.1, -0.05) is 30.4 Å². The molecule has 6 heteroatoms. The third-order valence-electron chi connectivity index (χ3n) is 9.05. The van der Waals surface area contributed by atoms with Gasteiger partial charge in [0.1, 0.15) is 5.76 Å². The third kappa shape index (κ3) is 8.03. The number of methoxy groups -OCH3 is 1. The van der Waals surface area contributed by atoms with Crippen LogP contribution in [0.1, 0.15) is 86.0 Å². The zero-order chi connectivity index (χ0) is 30.4. The van der Waals surface area contributed by atoms with Crippen LogP contribution in [-0.2, 0) is 15.1 Å². The largest absolute Gasteiger partial charge is 0.497 e. The fourth-order valence-electron chi connectivity index (χ4n) is 6.29. The number of amides is 1. The normalized spacial score (nSPS) is 23.0. The number of rotatable bonds is 9. The lowest BCUT2D eigenvalue weighted by atomic mass is 9.78. The van der Waals surface area contributed by atoms with E-state index < -0.39 is 0 Å². The summed E-state index contributed by atoms with van der Waals surface area (Å²) in [5.41, 5.74) is 5.28. The summed E-state index contributed by atoms with van der Waals surface area (Å²) in [6.07, 6.45) is 15.1. The van der Waals surface area contributed by atoms with Crippen LogP contribution in [0.2, 0.25) is 0 Å². The molecule has 0 saturated heterocycles. The second-order valence-corrected chi connectivity index (χ2v) is 13.5. The molecule has 2 aromatic rings. The number of nitrogens with zero attached hydrogens (tertiary/aromatic N) is 3. The van der Waals surface area contributed by atoms with Crippen LogP contribution in [0.5, 0.6) is 0 Å². The summed E-state index contributed by atoms with van der Waals surface area (Å²) in [6, 6.07) is 8.37. The monoisotopic (exact) mass is 573 g/mol. The number of hydrogen-bond acceptors (Lipinski definition) is 4. The second kappa shape index (κ2) is 13.9. The highest BCUT2D eigenvalue weighted by Crippen LogP contribution is 2.36. The molecule has 6 nitrogen and oxygen atoms in total. The summed E-state index contributed by atoms with van der Waals surface area (Å²) < 4.78 is 7.47. The SMILES string of the molecule is C=C(/C=C\C(OC)=C(C)C)C1CCC(CN(C(=O)C2CCC(O)CC2)c2cccc(-c3cnn(C(C)(C)C)c3)c2)CC1. The molecule has 0 bridgehead atoms. The summed E-state index contributed by atoms with van der Waals surface area (Å²) in [5.74, 6) is 1.96. The average Bonchev–Trinajstić information content (AvgIpc) is 3.48. The Morgan fingerprint density at radius 2 is 1.71 bits per heavy atom. The third-order valence-corrected chi connectivity index (χ3v) is 9.05. The molecule has 2 saturated carbocycles. The van der Waals surface area contributed by atoms with Gasteiger partial charge in [0.2, 0.25) is 5.91 Å². The Bertz CT molecular complexity index is 1280. The number of aliphatic hydroxyl groups is 1. The van der Waals surface area contributed by atoms with Crippen molar-refractivity contribution < 1.29 is 14.6 Å². The minimum absolute atomic E-state index is 0.0352. The molecule has 1 aromatic carbocycles. The van der Waals surface area contributed by atoms with E-state index in [2.05, 4.69) is 73.9 Å². The zero-order valence-electron chi connectivity index (χ0n) is 26.6. The number of ether oxygens (including phenoxy) is 1. The highest BCUT2D eigenvalue weighted by atomic mass is 16.5. The summed E-state index contributed by atoms with van der Waals surface area (Å²) >= 11 is 0. The van der Waals surface area contributed by atoms with Crippen LogP contribution < -0.4 is 4.90 Å². The van der Waals surface area contributed by atoms with E-state index in [4.69, 9.17) is 4.74 Å². The number of aliphatic hydroxyl groups excluding tert-OH is 1. The second-order valence-electron chi connectivity index (χ2n) is 13.5. The molecule has 1 amide bonds. The van der Waals surface area contributed by atoms with Crippen molar-refractivity contribution in [2.45, 2.75) is 97.6 Å². The first-order valence-corrected chi connectivity index (χ1v) is 15.7. The van der Waals surface area contributed by atoms with Crippen molar-refractivity contribution in [1.29, 1.82) is 0 Å². The first-order chi connectivity index (χ1) is 20.0. The molecule has 2 fully saturated rings. The Labute approximate surface area is 253 Å². The predicted molar refractivity (Wildman–Crippen MR) is 172 cm³/mol. The molecular formula is C36H51N3O3. The molecule has 42 heavy (non-hydrogen) atoms. The van der Waals surface area contributed by atoms with E-state index in [0.29, 0.717) is 24.7 Å². The van der Waals surface area contributed by atoms with E-state index in [1.807, 2.05) is 30.8 Å². The molecule has 2 aliphatic carbocycles. The number of allylic oxidation sites excluding steroid dienone is 4. The van der Waals surface area contributed by atoms with Crippen molar-refractivity contribution in [3.8, 4) is 11.1 Å². The molecule has 0 atom stereocenters. The Morgan fingerprint density at radius 3 is 2.31 bits per heavy atom. The van der Waals surface area contributed by atoms with Crippen LogP contribution in [-0.4, -0.2) is 40.6 Å². The Morgan fingerprint density at radius 1 is 1.05 bits per heavy atom. The van der Waals surface area contributed by atoms with Gasteiger partial charge < -0.3 is 14.7 Å². The van der Waals surface area contributed by atoms with Crippen LogP contribution in [0.3, 0.4) is 0 Å². The Hall–Kier alpha value is -3.12. The van der Waals surface area contributed by atoms with Crippen molar-refractivity contribution in [2.24, 2.45) is 17.8 Å². The fourth-order valence-corrected chi connectivity index (χ4v) is 6.29. The maximum absolute atomic E-state index is 14.1. The van der Waals surface area contributed by atoms with Gasteiger partial charge >= 0.3 is 0 Å². The van der Waals surface area contributed by atoms with E-state index in [-0.39, 0.29) is 23.5 Å². The first-order valence-electron chi connectivity index (χ1n) is 15.7. The van der Waals surface area contributed by atoms with Gasteiger partial charge in [0.05, 0.1) is 24.9 Å². The molecule has 0 aliphatic heterocycles. The van der Waals surface area contributed by atoms with Gasteiger partial charge in [0, 0.05) is 29.9 Å². The number of aromatic nitrogens is 2. The topological polar surface area (TPSA) is 67.6 Å². The van der Waals surface area contributed by atoms with E-state index >= 15 is 0 Å². The minimum Gasteiger partial charge on any atom is -0.497 e. The summed E-state index contributed by atoms with van der Waals surface area (Å²) in [5, 5.41) is 14.7.